The summed E-state index contributed by atoms with van der Waals surface area (Å²) >= 11 is 17.1. The molecule has 0 aliphatic rings. The first-order valence-electron chi connectivity index (χ1n) is 3.63. The van der Waals surface area contributed by atoms with Crippen molar-refractivity contribution in [3.8, 4) is 0 Å². The predicted molar refractivity (Wildman–Crippen MR) is 64.6 cm³/mol. The van der Waals surface area contributed by atoms with Gasteiger partial charge in [0.15, 0.2) is 3.79 Å². The van der Waals surface area contributed by atoms with E-state index in [0.717, 1.165) is 0 Å². The Balaban J connectivity index is 3.95. The third-order valence-corrected chi connectivity index (χ3v) is 4.33. The minimum Gasteiger partial charge on any atom is -0.0973 e. The molecule has 0 bridgehead atoms. The fraction of sp³-hybridized carbons (Fsp3) is 1.00. The first-order valence-corrected chi connectivity index (χ1v) is 7.38. The van der Waals surface area contributed by atoms with Crippen molar-refractivity contribution in [2.45, 2.75) is 29.3 Å². The normalized spacial score (nSPS) is 15.2. The standard InChI is InChI=1S/C7H13Cl3S2/c1-5(2)6(12-11-3)4-7(8,9)10/h5-6H,4H2,1-3H3. The van der Waals surface area contributed by atoms with E-state index in [4.69, 9.17) is 34.8 Å². The van der Waals surface area contributed by atoms with Gasteiger partial charge in [0.05, 0.1) is 0 Å². The summed E-state index contributed by atoms with van der Waals surface area (Å²) in [5, 5.41) is 0.410. The molecular weight excluding hydrogens is 255 g/mol. The second-order valence-corrected chi connectivity index (χ2v) is 8.09. The van der Waals surface area contributed by atoms with Gasteiger partial charge in [-0.25, -0.2) is 0 Å². The maximum Gasteiger partial charge on any atom is 0.191 e. The largest absolute Gasteiger partial charge is 0.191 e. The zero-order valence-electron chi connectivity index (χ0n) is 7.31. The van der Waals surface area contributed by atoms with Gasteiger partial charge < -0.3 is 0 Å². The summed E-state index contributed by atoms with van der Waals surface area (Å²) in [5.41, 5.74) is 0. The molecule has 74 valence electrons. The van der Waals surface area contributed by atoms with Gasteiger partial charge in [-0.3, -0.25) is 0 Å². The second-order valence-electron chi connectivity index (χ2n) is 2.86. The van der Waals surface area contributed by atoms with Gasteiger partial charge in [0.2, 0.25) is 0 Å². The average Bonchev–Trinajstić information content (AvgIpc) is 1.83. The Hall–Kier alpha value is 1.57. The fourth-order valence-corrected chi connectivity index (χ4v) is 3.91. The van der Waals surface area contributed by atoms with Crippen molar-refractivity contribution >= 4 is 56.4 Å². The van der Waals surface area contributed by atoms with Gasteiger partial charge >= 0.3 is 0 Å². The van der Waals surface area contributed by atoms with Crippen molar-refractivity contribution in [2.24, 2.45) is 5.92 Å². The van der Waals surface area contributed by atoms with E-state index >= 15 is 0 Å². The third-order valence-electron chi connectivity index (χ3n) is 1.40. The Morgan fingerprint density at radius 2 is 1.75 bits per heavy atom. The first-order chi connectivity index (χ1) is 5.37. The molecular formula is C7H13Cl3S2. The maximum absolute atomic E-state index is 5.72. The predicted octanol–water partition coefficient (Wildman–Crippen LogP) is 4.78. The third kappa shape index (κ3) is 7.02. The molecule has 0 spiro atoms. The van der Waals surface area contributed by atoms with E-state index in [1.165, 1.54) is 0 Å². The van der Waals surface area contributed by atoms with Gasteiger partial charge in [-0.15, -0.1) is 0 Å². The molecule has 0 radical (unpaired) electrons. The smallest absolute Gasteiger partial charge is 0.0973 e. The minimum atomic E-state index is -1.11. The highest BCUT2D eigenvalue weighted by molar-refractivity contribution is 8.76. The van der Waals surface area contributed by atoms with E-state index in [0.29, 0.717) is 17.6 Å². The van der Waals surface area contributed by atoms with E-state index in [2.05, 4.69) is 13.8 Å². The molecule has 1 atom stereocenters. The summed E-state index contributed by atoms with van der Waals surface area (Å²) in [7, 11) is 3.49. The highest BCUT2D eigenvalue weighted by Crippen LogP contribution is 2.40. The van der Waals surface area contributed by atoms with Crippen LogP contribution in [0.15, 0.2) is 0 Å². The topological polar surface area (TPSA) is 0 Å². The monoisotopic (exact) mass is 266 g/mol. The van der Waals surface area contributed by atoms with Gasteiger partial charge in [-0.05, 0) is 12.2 Å². The van der Waals surface area contributed by atoms with Crippen LogP contribution in [0.4, 0.5) is 0 Å². The molecule has 1 unspecified atom stereocenters. The van der Waals surface area contributed by atoms with Gasteiger partial charge in [-0.1, -0.05) is 70.2 Å². The summed E-state index contributed by atoms with van der Waals surface area (Å²) in [6.07, 6.45) is 2.65. The summed E-state index contributed by atoms with van der Waals surface area (Å²) in [4.78, 5) is 0. The molecule has 0 nitrogen and oxygen atoms in total. The Morgan fingerprint density at radius 3 is 2.00 bits per heavy atom. The van der Waals surface area contributed by atoms with Gasteiger partial charge in [0.1, 0.15) is 0 Å². The Morgan fingerprint density at radius 1 is 1.25 bits per heavy atom. The highest BCUT2D eigenvalue weighted by atomic mass is 35.6. The van der Waals surface area contributed by atoms with E-state index in [1.54, 1.807) is 21.6 Å². The maximum atomic E-state index is 5.72. The Kier molecular flexibility index (Phi) is 6.93. The van der Waals surface area contributed by atoms with Crippen LogP contribution in [0, 0.1) is 5.92 Å². The van der Waals surface area contributed by atoms with Crippen LogP contribution in [-0.2, 0) is 0 Å². The first kappa shape index (κ1) is 13.6. The molecule has 0 aromatic carbocycles. The van der Waals surface area contributed by atoms with E-state index in [9.17, 15) is 0 Å². The molecule has 0 N–H and O–H groups in total. The average molecular weight is 268 g/mol. The summed E-state index contributed by atoms with van der Waals surface area (Å²) in [6.45, 7) is 4.29. The van der Waals surface area contributed by atoms with Crippen LogP contribution in [0.5, 0.6) is 0 Å². The number of hydrogen-bond donors (Lipinski definition) is 0. The summed E-state index contributed by atoms with van der Waals surface area (Å²) in [6, 6.07) is 0. The number of alkyl halides is 3. The van der Waals surface area contributed by atoms with E-state index in [-0.39, 0.29) is 0 Å². The number of hydrogen-bond acceptors (Lipinski definition) is 2. The lowest BCUT2D eigenvalue weighted by molar-refractivity contribution is 0.581. The molecule has 0 aromatic heterocycles. The quantitative estimate of drug-likeness (QED) is 0.531. The van der Waals surface area contributed by atoms with Crippen LogP contribution in [0.3, 0.4) is 0 Å². The Bertz CT molecular complexity index is 122. The van der Waals surface area contributed by atoms with E-state index in [1.807, 2.05) is 6.26 Å². The van der Waals surface area contributed by atoms with Crippen LogP contribution in [0.25, 0.3) is 0 Å². The summed E-state index contributed by atoms with van der Waals surface area (Å²) < 4.78 is -1.11. The molecule has 5 heteroatoms. The fourth-order valence-electron chi connectivity index (χ4n) is 0.733. The molecule has 0 aliphatic heterocycles. The van der Waals surface area contributed by atoms with Crippen LogP contribution in [0.1, 0.15) is 20.3 Å². The van der Waals surface area contributed by atoms with Crippen molar-refractivity contribution in [1.82, 2.24) is 0 Å². The molecule has 0 fully saturated rings. The number of halogens is 3. The van der Waals surface area contributed by atoms with Crippen molar-refractivity contribution in [1.29, 1.82) is 0 Å². The lowest BCUT2D eigenvalue weighted by Crippen LogP contribution is -2.18. The van der Waals surface area contributed by atoms with Crippen LogP contribution < -0.4 is 0 Å². The molecule has 12 heavy (non-hydrogen) atoms. The van der Waals surface area contributed by atoms with Gasteiger partial charge in [-0.2, -0.15) is 0 Å². The highest BCUT2D eigenvalue weighted by Gasteiger charge is 2.27. The molecule has 0 rings (SSSR count). The lowest BCUT2D eigenvalue weighted by atomic mass is 10.1. The van der Waals surface area contributed by atoms with Crippen molar-refractivity contribution < 1.29 is 0 Å². The zero-order valence-corrected chi connectivity index (χ0v) is 11.2. The van der Waals surface area contributed by atoms with E-state index < -0.39 is 3.79 Å². The van der Waals surface area contributed by atoms with Gasteiger partial charge in [0.25, 0.3) is 0 Å². The molecule has 0 heterocycles. The van der Waals surface area contributed by atoms with Crippen LogP contribution >= 0.6 is 56.4 Å². The molecule has 0 aromatic rings. The van der Waals surface area contributed by atoms with Crippen molar-refractivity contribution in [3.05, 3.63) is 0 Å². The zero-order chi connectivity index (χ0) is 9.78. The minimum absolute atomic E-state index is 0.410. The number of rotatable bonds is 4. The second kappa shape index (κ2) is 6.13. The van der Waals surface area contributed by atoms with Crippen molar-refractivity contribution in [2.75, 3.05) is 6.26 Å². The SMILES string of the molecule is CSSC(CC(Cl)(Cl)Cl)C(C)C. The van der Waals surface area contributed by atoms with Crippen LogP contribution in [-0.4, -0.2) is 15.3 Å². The lowest BCUT2D eigenvalue weighted by Gasteiger charge is -2.22. The van der Waals surface area contributed by atoms with Crippen LogP contribution in [0.2, 0.25) is 0 Å². The molecule has 0 saturated heterocycles. The summed E-state index contributed by atoms with van der Waals surface area (Å²) in [5.74, 6) is 0.540. The molecule has 0 aliphatic carbocycles. The van der Waals surface area contributed by atoms with Gasteiger partial charge in [0, 0.05) is 11.7 Å². The Labute approximate surface area is 97.5 Å². The molecule has 0 amide bonds. The molecule has 0 saturated carbocycles. The van der Waals surface area contributed by atoms with Crippen molar-refractivity contribution in [3.63, 3.8) is 0 Å².